The van der Waals surface area contributed by atoms with E-state index in [2.05, 4.69) is 10.3 Å². The number of ether oxygens (including phenoxy) is 2. The van der Waals surface area contributed by atoms with Crippen LogP contribution in [0.1, 0.15) is 10.4 Å². The lowest BCUT2D eigenvalue weighted by molar-refractivity contribution is 0.102. The van der Waals surface area contributed by atoms with Crippen LogP contribution in [-0.2, 0) is 0 Å². The first-order valence-electron chi connectivity index (χ1n) is 7.06. The Kier molecular flexibility index (Phi) is 3.53. The van der Waals surface area contributed by atoms with E-state index in [0.29, 0.717) is 41.4 Å². The van der Waals surface area contributed by atoms with E-state index in [1.165, 1.54) is 11.3 Å². The summed E-state index contributed by atoms with van der Waals surface area (Å²) in [6.45, 7) is 0.948. The Hall–Kier alpha value is -2.74. The number of nitrogens with zero attached hydrogens (tertiary/aromatic N) is 1. The van der Waals surface area contributed by atoms with Crippen molar-refractivity contribution in [1.82, 2.24) is 4.98 Å². The summed E-state index contributed by atoms with van der Waals surface area (Å²) < 4.78 is 38.2. The molecule has 0 radical (unpaired) electrons. The molecule has 0 aliphatic carbocycles. The number of aromatic nitrogens is 1. The van der Waals surface area contributed by atoms with E-state index in [9.17, 15) is 13.6 Å². The third kappa shape index (κ3) is 2.76. The molecule has 5 nitrogen and oxygen atoms in total. The summed E-state index contributed by atoms with van der Waals surface area (Å²) in [4.78, 5) is 16.4. The van der Waals surface area contributed by atoms with Crippen molar-refractivity contribution >= 4 is 32.6 Å². The van der Waals surface area contributed by atoms with Gasteiger partial charge in [-0.25, -0.2) is 13.8 Å². The Morgan fingerprint density at radius 3 is 2.42 bits per heavy atom. The Bertz CT molecular complexity index is 895. The van der Waals surface area contributed by atoms with Crippen LogP contribution < -0.4 is 14.8 Å². The Morgan fingerprint density at radius 1 is 1.04 bits per heavy atom. The summed E-state index contributed by atoms with van der Waals surface area (Å²) >= 11 is 1.24. The molecule has 1 amide bonds. The van der Waals surface area contributed by atoms with E-state index < -0.39 is 17.5 Å². The zero-order valence-electron chi connectivity index (χ0n) is 12.1. The number of hydrogen-bond acceptors (Lipinski definition) is 5. The number of halogens is 2. The number of rotatable bonds is 2. The SMILES string of the molecule is O=C(Nc1nc2cc3c(cc2s1)OCCO3)c1cc(F)cc(F)c1. The maximum absolute atomic E-state index is 13.2. The number of amides is 1. The second-order valence-electron chi connectivity index (χ2n) is 5.09. The molecule has 8 heteroatoms. The summed E-state index contributed by atoms with van der Waals surface area (Å²) in [7, 11) is 0. The summed E-state index contributed by atoms with van der Waals surface area (Å²) in [6.07, 6.45) is 0. The number of anilines is 1. The van der Waals surface area contributed by atoms with Gasteiger partial charge in [0.1, 0.15) is 24.8 Å². The van der Waals surface area contributed by atoms with E-state index in [-0.39, 0.29) is 5.56 Å². The number of thiazole rings is 1. The Balaban J connectivity index is 1.63. The van der Waals surface area contributed by atoms with Gasteiger partial charge in [0.25, 0.3) is 5.91 Å². The Morgan fingerprint density at radius 2 is 1.71 bits per heavy atom. The number of nitrogens with one attached hydrogen (secondary N) is 1. The molecule has 0 bridgehead atoms. The van der Waals surface area contributed by atoms with E-state index in [1.807, 2.05) is 0 Å². The van der Waals surface area contributed by atoms with Crippen LogP contribution in [0.25, 0.3) is 10.2 Å². The molecule has 0 unspecified atom stereocenters. The number of carbonyl (C=O) groups is 1. The first-order valence-corrected chi connectivity index (χ1v) is 7.88. The maximum atomic E-state index is 13.2. The van der Waals surface area contributed by atoms with Gasteiger partial charge >= 0.3 is 0 Å². The van der Waals surface area contributed by atoms with Gasteiger partial charge in [0, 0.05) is 23.8 Å². The number of fused-ring (bicyclic) bond motifs is 2. The molecule has 1 aliphatic rings. The van der Waals surface area contributed by atoms with E-state index >= 15 is 0 Å². The number of benzene rings is 2. The first kappa shape index (κ1) is 14.8. The average Bonchev–Trinajstić information content (AvgIpc) is 2.92. The van der Waals surface area contributed by atoms with Crippen LogP contribution in [0.15, 0.2) is 30.3 Å². The quantitative estimate of drug-likeness (QED) is 0.769. The molecule has 0 atom stereocenters. The average molecular weight is 348 g/mol. The normalized spacial score (nSPS) is 13.1. The molecular weight excluding hydrogens is 338 g/mol. The van der Waals surface area contributed by atoms with Gasteiger partial charge in [-0.15, -0.1) is 0 Å². The molecule has 1 N–H and O–H groups in total. The molecule has 0 saturated heterocycles. The molecule has 4 rings (SSSR count). The zero-order valence-corrected chi connectivity index (χ0v) is 13.0. The molecule has 0 spiro atoms. The van der Waals surface area contributed by atoms with Crippen molar-refractivity contribution in [1.29, 1.82) is 0 Å². The second kappa shape index (κ2) is 5.72. The van der Waals surface area contributed by atoms with Crippen LogP contribution in [0.4, 0.5) is 13.9 Å². The predicted octanol–water partition coefficient (Wildman–Crippen LogP) is 3.60. The molecule has 0 fully saturated rings. The largest absolute Gasteiger partial charge is 0.486 e. The smallest absolute Gasteiger partial charge is 0.257 e. The number of hydrogen-bond donors (Lipinski definition) is 1. The van der Waals surface area contributed by atoms with Crippen LogP contribution >= 0.6 is 11.3 Å². The van der Waals surface area contributed by atoms with Gasteiger partial charge in [0.15, 0.2) is 16.6 Å². The summed E-state index contributed by atoms with van der Waals surface area (Å²) in [5.41, 5.74) is 0.530. The third-order valence-corrected chi connectivity index (χ3v) is 4.33. The monoisotopic (exact) mass is 348 g/mol. The highest BCUT2D eigenvalue weighted by Gasteiger charge is 2.17. The van der Waals surface area contributed by atoms with Crippen molar-refractivity contribution in [3.63, 3.8) is 0 Å². The van der Waals surface area contributed by atoms with Crippen molar-refractivity contribution in [2.45, 2.75) is 0 Å². The van der Waals surface area contributed by atoms with E-state index in [0.717, 1.165) is 16.8 Å². The van der Waals surface area contributed by atoms with Crippen molar-refractivity contribution < 1.29 is 23.0 Å². The van der Waals surface area contributed by atoms with E-state index in [1.54, 1.807) is 12.1 Å². The molecule has 1 aliphatic heterocycles. The minimum absolute atomic E-state index is 0.113. The fraction of sp³-hybridized carbons (Fsp3) is 0.125. The zero-order chi connectivity index (χ0) is 16.7. The number of carbonyl (C=O) groups excluding carboxylic acids is 1. The van der Waals surface area contributed by atoms with Crippen molar-refractivity contribution in [2.24, 2.45) is 0 Å². The molecule has 2 aromatic carbocycles. The molecule has 24 heavy (non-hydrogen) atoms. The van der Waals surface area contributed by atoms with Crippen LogP contribution in [0.5, 0.6) is 11.5 Å². The topological polar surface area (TPSA) is 60.5 Å². The summed E-state index contributed by atoms with van der Waals surface area (Å²) in [6, 6.07) is 6.16. The van der Waals surface area contributed by atoms with E-state index in [4.69, 9.17) is 9.47 Å². The maximum Gasteiger partial charge on any atom is 0.257 e. The highest BCUT2D eigenvalue weighted by molar-refractivity contribution is 7.22. The van der Waals surface area contributed by atoms with Crippen LogP contribution in [0.3, 0.4) is 0 Å². The van der Waals surface area contributed by atoms with Gasteiger partial charge in [0.2, 0.25) is 0 Å². The lowest BCUT2D eigenvalue weighted by Gasteiger charge is -2.17. The van der Waals surface area contributed by atoms with Crippen molar-refractivity contribution in [2.75, 3.05) is 18.5 Å². The molecular formula is C16H10F2N2O3S. The lowest BCUT2D eigenvalue weighted by Crippen LogP contribution is -2.15. The summed E-state index contributed by atoms with van der Waals surface area (Å²) in [5.74, 6) is -1.03. The molecule has 2 heterocycles. The standard InChI is InChI=1S/C16H10F2N2O3S/c17-9-3-8(4-10(18)5-9)15(21)20-16-19-11-6-12-13(7-14(11)24-16)23-2-1-22-12/h3-7H,1-2H2,(H,19,20,21). The Labute approximate surface area is 138 Å². The van der Waals surface area contributed by atoms with Gasteiger partial charge < -0.3 is 9.47 Å². The summed E-state index contributed by atoms with van der Waals surface area (Å²) in [5, 5.41) is 2.87. The lowest BCUT2D eigenvalue weighted by atomic mass is 10.2. The predicted molar refractivity (Wildman–Crippen MR) is 84.9 cm³/mol. The molecule has 0 saturated carbocycles. The van der Waals surface area contributed by atoms with Gasteiger partial charge in [-0.3, -0.25) is 10.1 Å². The van der Waals surface area contributed by atoms with Crippen molar-refractivity contribution in [3.8, 4) is 11.5 Å². The molecule has 1 aromatic heterocycles. The minimum Gasteiger partial charge on any atom is -0.486 e. The fourth-order valence-corrected chi connectivity index (χ4v) is 3.24. The van der Waals surface area contributed by atoms with Gasteiger partial charge in [-0.05, 0) is 12.1 Å². The highest BCUT2D eigenvalue weighted by Crippen LogP contribution is 2.37. The highest BCUT2D eigenvalue weighted by atomic mass is 32.1. The van der Waals surface area contributed by atoms with Crippen LogP contribution in [-0.4, -0.2) is 24.1 Å². The molecule has 3 aromatic rings. The minimum atomic E-state index is -0.813. The fourth-order valence-electron chi connectivity index (χ4n) is 2.37. The van der Waals surface area contributed by atoms with Gasteiger partial charge in [-0.2, -0.15) is 0 Å². The van der Waals surface area contributed by atoms with Crippen LogP contribution in [0.2, 0.25) is 0 Å². The van der Waals surface area contributed by atoms with Gasteiger partial charge in [0.05, 0.1) is 10.2 Å². The van der Waals surface area contributed by atoms with Gasteiger partial charge in [-0.1, -0.05) is 11.3 Å². The molecule has 122 valence electrons. The van der Waals surface area contributed by atoms with Crippen LogP contribution in [0, 0.1) is 11.6 Å². The second-order valence-corrected chi connectivity index (χ2v) is 6.13. The van der Waals surface area contributed by atoms with Crippen molar-refractivity contribution in [3.05, 3.63) is 47.5 Å². The third-order valence-electron chi connectivity index (χ3n) is 3.40. The first-order chi connectivity index (χ1) is 11.6.